The maximum Gasteiger partial charge on any atom is 0.249 e. The lowest BCUT2D eigenvalue weighted by Gasteiger charge is -1.92. The first kappa shape index (κ1) is 10.1. The van der Waals surface area contributed by atoms with E-state index in [0.29, 0.717) is 0 Å². The minimum atomic E-state index is -3.71. The minimum absolute atomic E-state index is 0.0729. The number of hydrogen-bond donors (Lipinski definition) is 2. The van der Waals surface area contributed by atoms with Crippen molar-refractivity contribution in [2.75, 3.05) is 5.32 Å². The number of amides is 1. The van der Waals surface area contributed by atoms with Crippen molar-refractivity contribution in [1.82, 2.24) is 4.98 Å². The predicted molar refractivity (Wildman–Crippen MR) is 47.8 cm³/mol. The number of anilines is 1. The van der Waals surface area contributed by atoms with Crippen LogP contribution in [0, 0.1) is 0 Å². The first-order valence-corrected chi connectivity index (χ1v) is 5.52. The van der Waals surface area contributed by atoms with Gasteiger partial charge in [-0.1, -0.05) is 11.3 Å². The lowest BCUT2D eigenvalue weighted by molar-refractivity contribution is -0.114. The van der Waals surface area contributed by atoms with Crippen LogP contribution in [0.2, 0.25) is 0 Å². The Balaban J connectivity index is 2.94. The predicted octanol–water partition coefficient (Wildman–Crippen LogP) is -0.251. The van der Waals surface area contributed by atoms with Crippen LogP contribution in [-0.2, 0) is 14.8 Å². The van der Waals surface area contributed by atoms with Crippen LogP contribution >= 0.6 is 11.3 Å². The fraction of sp³-hybridized carbons (Fsp3) is 0.200. The molecule has 6 nitrogen and oxygen atoms in total. The molecule has 0 unspecified atom stereocenters. The second-order valence-electron chi connectivity index (χ2n) is 2.21. The molecule has 0 fully saturated rings. The smallest absolute Gasteiger partial charge is 0.249 e. The van der Waals surface area contributed by atoms with Gasteiger partial charge in [0.1, 0.15) is 0 Å². The van der Waals surface area contributed by atoms with E-state index in [4.69, 9.17) is 5.14 Å². The molecule has 0 saturated carbocycles. The SMILES string of the molecule is CC(=O)Nc1ncc(S(N)(=O)=O)s1. The van der Waals surface area contributed by atoms with Crippen LogP contribution in [0.25, 0.3) is 0 Å². The highest BCUT2D eigenvalue weighted by molar-refractivity contribution is 7.91. The maximum atomic E-state index is 10.8. The Morgan fingerprint density at radius 3 is 2.69 bits per heavy atom. The normalized spacial score (nSPS) is 11.2. The highest BCUT2D eigenvalue weighted by Crippen LogP contribution is 2.20. The van der Waals surface area contributed by atoms with Crippen LogP contribution in [-0.4, -0.2) is 19.3 Å². The molecule has 1 heterocycles. The third kappa shape index (κ3) is 2.76. The lowest BCUT2D eigenvalue weighted by Crippen LogP contribution is -2.10. The molecule has 13 heavy (non-hydrogen) atoms. The van der Waals surface area contributed by atoms with Crippen LogP contribution in [0.15, 0.2) is 10.4 Å². The highest BCUT2D eigenvalue weighted by atomic mass is 32.2. The summed E-state index contributed by atoms with van der Waals surface area (Å²) in [5.41, 5.74) is 0. The van der Waals surface area contributed by atoms with Gasteiger partial charge < -0.3 is 5.32 Å². The number of rotatable bonds is 2. The van der Waals surface area contributed by atoms with E-state index in [9.17, 15) is 13.2 Å². The second kappa shape index (κ2) is 3.40. The Kier molecular flexibility index (Phi) is 2.64. The molecule has 3 N–H and O–H groups in total. The standard InChI is InChI=1S/C5H7N3O3S2/c1-3(9)8-5-7-2-4(12-5)13(6,10)11/h2H,1H3,(H2,6,10,11)(H,7,8,9). The molecule has 0 spiro atoms. The van der Waals surface area contributed by atoms with Gasteiger partial charge in [0.15, 0.2) is 9.34 Å². The zero-order valence-corrected chi connectivity index (χ0v) is 8.28. The largest absolute Gasteiger partial charge is 0.302 e. The summed E-state index contributed by atoms with van der Waals surface area (Å²) in [6.07, 6.45) is 1.10. The number of carbonyl (C=O) groups excluding carboxylic acids is 1. The third-order valence-corrected chi connectivity index (χ3v) is 3.37. The number of nitrogens with one attached hydrogen (secondary N) is 1. The number of primary sulfonamides is 1. The van der Waals surface area contributed by atoms with E-state index < -0.39 is 10.0 Å². The van der Waals surface area contributed by atoms with Crippen molar-refractivity contribution in [3.8, 4) is 0 Å². The molecule has 1 rings (SSSR count). The number of thiazole rings is 1. The molecule has 0 radical (unpaired) electrons. The van der Waals surface area contributed by atoms with Crippen molar-refractivity contribution in [3.05, 3.63) is 6.20 Å². The minimum Gasteiger partial charge on any atom is -0.302 e. The molecule has 0 aliphatic rings. The quantitative estimate of drug-likeness (QED) is 0.718. The Labute approximate surface area is 78.8 Å². The molecule has 0 aromatic carbocycles. The Morgan fingerprint density at radius 1 is 1.69 bits per heavy atom. The van der Waals surface area contributed by atoms with Gasteiger partial charge in [0.05, 0.1) is 6.20 Å². The average molecular weight is 221 g/mol. The van der Waals surface area contributed by atoms with Gasteiger partial charge in [-0.05, 0) is 0 Å². The Bertz CT molecular complexity index is 422. The van der Waals surface area contributed by atoms with Gasteiger partial charge in [0.25, 0.3) is 0 Å². The summed E-state index contributed by atoms with van der Waals surface area (Å²) >= 11 is 0.812. The Morgan fingerprint density at radius 2 is 2.31 bits per heavy atom. The van der Waals surface area contributed by atoms with E-state index in [2.05, 4.69) is 10.3 Å². The molecule has 1 aromatic rings. The summed E-state index contributed by atoms with van der Waals surface area (Å²) in [6, 6.07) is 0. The molecular formula is C5H7N3O3S2. The molecule has 1 aromatic heterocycles. The zero-order chi connectivity index (χ0) is 10.1. The number of aromatic nitrogens is 1. The van der Waals surface area contributed by atoms with Gasteiger partial charge in [0.2, 0.25) is 15.9 Å². The second-order valence-corrected chi connectivity index (χ2v) is 5.03. The van der Waals surface area contributed by atoms with E-state index in [-0.39, 0.29) is 15.2 Å². The highest BCUT2D eigenvalue weighted by Gasteiger charge is 2.12. The molecular weight excluding hydrogens is 214 g/mol. The van der Waals surface area contributed by atoms with Crippen LogP contribution in [0.1, 0.15) is 6.92 Å². The fourth-order valence-electron chi connectivity index (χ4n) is 0.599. The van der Waals surface area contributed by atoms with E-state index >= 15 is 0 Å². The summed E-state index contributed by atoms with van der Waals surface area (Å²) in [6.45, 7) is 1.30. The third-order valence-electron chi connectivity index (χ3n) is 1.05. The number of nitrogens with zero attached hydrogens (tertiary/aromatic N) is 1. The van der Waals surface area contributed by atoms with Crippen LogP contribution in [0.5, 0.6) is 0 Å². The van der Waals surface area contributed by atoms with Crippen molar-refractivity contribution in [2.45, 2.75) is 11.1 Å². The van der Waals surface area contributed by atoms with Crippen molar-refractivity contribution in [3.63, 3.8) is 0 Å². The monoisotopic (exact) mass is 221 g/mol. The molecule has 0 aliphatic heterocycles. The Hall–Kier alpha value is -0.990. The van der Waals surface area contributed by atoms with E-state index in [0.717, 1.165) is 17.5 Å². The van der Waals surface area contributed by atoms with Crippen molar-refractivity contribution in [1.29, 1.82) is 0 Å². The molecule has 0 atom stereocenters. The molecule has 0 saturated heterocycles. The van der Waals surface area contributed by atoms with Gasteiger partial charge in [-0.15, -0.1) is 0 Å². The van der Waals surface area contributed by atoms with Crippen molar-refractivity contribution >= 4 is 32.4 Å². The van der Waals surface area contributed by atoms with E-state index in [1.54, 1.807) is 0 Å². The zero-order valence-electron chi connectivity index (χ0n) is 6.64. The van der Waals surface area contributed by atoms with Gasteiger partial charge >= 0.3 is 0 Å². The van der Waals surface area contributed by atoms with Crippen LogP contribution in [0.3, 0.4) is 0 Å². The van der Waals surface area contributed by atoms with Crippen LogP contribution < -0.4 is 10.5 Å². The molecule has 8 heteroatoms. The summed E-state index contributed by atoms with van der Waals surface area (Å²) in [7, 11) is -3.71. The molecule has 72 valence electrons. The van der Waals surface area contributed by atoms with Gasteiger partial charge in [-0.3, -0.25) is 4.79 Å². The number of sulfonamides is 1. The molecule has 0 bridgehead atoms. The number of carbonyl (C=O) groups is 1. The van der Waals surface area contributed by atoms with Crippen molar-refractivity contribution in [2.24, 2.45) is 5.14 Å². The first-order valence-electron chi connectivity index (χ1n) is 3.16. The average Bonchev–Trinajstić information content (AvgIpc) is 2.32. The maximum absolute atomic E-state index is 10.8. The molecule has 1 amide bonds. The van der Waals surface area contributed by atoms with Crippen LogP contribution in [0.4, 0.5) is 5.13 Å². The summed E-state index contributed by atoms with van der Waals surface area (Å²) < 4.78 is 21.5. The van der Waals surface area contributed by atoms with E-state index in [1.807, 2.05) is 0 Å². The fourth-order valence-corrected chi connectivity index (χ4v) is 2.10. The first-order chi connectivity index (χ1) is 5.89. The lowest BCUT2D eigenvalue weighted by atomic mass is 10.7. The van der Waals surface area contributed by atoms with Gasteiger partial charge in [0, 0.05) is 6.92 Å². The van der Waals surface area contributed by atoms with E-state index in [1.165, 1.54) is 6.92 Å². The summed E-state index contributed by atoms with van der Waals surface area (Å²) in [4.78, 5) is 14.2. The molecule has 0 aliphatic carbocycles. The topological polar surface area (TPSA) is 102 Å². The van der Waals surface area contributed by atoms with Crippen molar-refractivity contribution < 1.29 is 13.2 Å². The number of hydrogen-bond acceptors (Lipinski definition) is 5. The van der Waals surface area contributed by atoms with Gasteiger partial charge in [-0.25, -0.2) is 18.5 Å². The van der Waals surface area contributed by atoms with Gasteiger partial charge in [-0.2, -0.15) is 0 Å². The summed E-state index contributed by atoms with van der Waals surface area (Å²) in [5.74, 6) is -0.310. The number of nitrogens with two attached hydrogens (primary N) is 1. The summed E-state index contributed by atoms with van der Waals surface area (Å²) in [5, 5.41) is 7.40.